The zero-order valence-electron chi connectivity index (χ0n) is 20.3. The number of aromatic nitrogens is 1. The molecule has 1 unspecified atom stereocenters. The topological polar surface area (TPSA) is 77.7 Å². The highest BCUT2D eigenvalue weighted by atomic mass is 16.5. The van der Waals surface area contributed by atoms with Gasteiger partial charge < -0.3 is 19.9 Å². The molecule has 3 amide bonds. The van der Waals surface area contributed by atoms with E-state index in [1.54, 1.807) is 7.11 Å². The minimum absolute atomic E-state index is 0.0881. The largest absolute Gasteiger partial charge is 0.497 e. The third-order valence-corrected chi connectivity index (χ3v) is 7.83. The number of nitrogens with zero attached hydrogens (tertiary/aromatic N) is 2. The van der Waals surface area contributed by atoms with Crippen molar-refractivity contribution in [1.82, 2.24) is 20.1 Å². The Kier molecular flexibility index (Phi) is 5.33. The number of H-pyrrole nitrogens is 1. The minimum Gasteiger partial charge on any atom is -0.497 e. The van der Waals surface area contributed by atoms with Crippen molar-refractivity contribution in [2.75, 3.05) is 20.2 Å². The van der Waals surface area contributed by atoms with Gasteiger partial charge in [0.1, 0.15) is 11.3 Å². The Bertz CT molecular complexity index is 1280. The number of hydrogen-bond donors (Lipinski definition) is 2. The first kappa shape index (κ1) is 22.2. The standard InChI is InChI=1S/C28H32N4O3/c1-28-17-22-21-16-20(35-2)11-12-23(21)30-25(22)24(15-18-7-4-3-5-8-18)32(28)27(34)31(26(28)33)14-6-13-29-19-9-10-19/h3-5,7-8,11-12,16,19,24,29-30H,6,9-10,13-15,17H2,1-2H3/t24?,28-/m0/s1. The van der Waals surface area contributed by atoms with E-state index < -0.39 is 5.54 Å². The Morgan fingerprint density at radius 3 is 2.69 bits per heavy atom. The van der Waals surface area contributed by atoms with E-state index in [1.165, 1.54) is 17.7 Å². The van der Waals surface area contributed by atoms with Crippen LogP contribution >= 0.6 is 0 Å². The second-order valence-corrected chi connectivity index (χ2v) is 10.3. The van der Waals surface area contributed by atoms with Crippen LogP contribution < -0.4 is 10.1 Å². The lowest BCUT2D eigenvalue weighted by Gasteiger charge is -2.42. The smallest absolute Gasteiger partial charge is 0.328 e. The van der Waals surface area contributed by atoms with Crippen LogP contribution in [0.4, 0.5) is 4.79 Å². The third-order valence-electron chi connectivity index (χ3n) is 7.83. The van der Waals surface area contributed by atoms with Gasteiger partial charge in [0.05, 0.1) is 13.2 Å². The van der Waals surface area contributed by atoms with Crippen molar-refractivity contribution >= 4 is 22.8 Å². The van der Waals surface area contributed by atoms with Gasteiger partial charge in [-0.1, -0.05) is 30.3 Å². The normalized spacial score (nSPS) is 23.7. The molecule has 1 saturated heterocycles. The van der Waals surface area contributed by atoms with Crippen molar-refractivity contribution in [2.45, 2.75) is 56.7 Å². The van der Waals surface area contributed by atoms with Gasteiger partial charge in [0.25, 0.3) is 5.91 Å². The molecule has 2 aromatic carbocycles. The maximum atomic E-state index is 13.8. The number of nitrogens with one attached hydrogen (secondary N) is 2. The van der Waals surface area contributed by atoms with Gasteiger partial charge in [0, 0.05) is 35.6 Å². The van der Waals surface area contributed by atoms with Gasteiger partial charge >= 0.3 is 6.03 Å². The molecule has 1 aliphatic carbocycles. The van der Waals surface area contributed by atoms with E-state index >= 15 is 0 Å². The number of rotatable bonds is 8. The van der Waals surface area contributed by atoms with Crippen molar-refractivity contribution in [2.24, 2.45) is 0 Å². The highest BCUT2D eigenvalue weighted by molar-refractivity contribution is 6.08. The summed E-state index contributed by atoms with van der Waals surface area (Å²) >= 11 is 0. The first-order valence-electron chi connectivity index (χ1n) is 12.6. The Morgan fingerprint density at radius 2 is 1.94 bits per heavy atom. The highest BCUT2D eigenvalue weighted by Crippen LogP contribution is 2.47. The molecule has 3 heterocycles. The summed E-state index contributed by atoms with van der Waals surface area (Å²) in [7, 11) is 1.66. The lowest BCUT2D eigenvalue weighted by atomic mass is 9.81. The Morgan fingerprint density at radius 1 is 1.14 bits per heavy atom. The Hall–Kier alpha value is -3.32. The predicted molar refractivity (Wildman–Crippen MR) is 134 cm³/mol. The Balaban J connectivity index is 1.39. The van der Waals surface area contributed by atoms with Crippen LogP contribution in [-0.4, -0.2) is 58.5 Å². The molecule has 2 aliphatic heterocycles. The summed E-state index contributed by atoms with van der Waals surface area (Å²) < 4.78 is 5.49. The van der Waals surface area contributed by atoms with E-state index in [4.69, 9.17) is 4.74 Å². The molecule has 35 heavy (non-hydrogen) atoms. The van der Waals surface area contributed by atoms with Crippen LogP contribution in [0.15, 0.2) is 48.5 Å². The molecule has 2 atom stereocenters. The van der Waals surface area contributed by atoms with Gasteiger partial charge in [0.15, 0.2) is 0 Å². The van der Waals surface area contributed by atoms with Crippen LogP contribution in [0.2, 0.25) is 0 Å². The number of aromatic amines is 1. The third kappa shape index (κ3) is 3.69. The number of hydrogen-bond acceptors (Lipinski definition) is 4. The van der Waals surface area contributed by atoms with E-state index in [1.807, 2.05) is 48.2 Å². The second kappa shape index (κ2) is 8.41. The van der Waals surface area contributed by atoms with Crippen molar-refractivity contribution in [3.63, 3.8) is 0 Å². The van der Waals surface area contributed by atoms with Gasteiger partial charge in [-0.25, -0.2) is 4.79 Å². The van der Waals surface area contributed by atoms with Crippen LogP contribution in [0, 0.1) is 0 Å². The molecule has 7 heteroatoms. The van der Waals surface area contributed by atoms with Crippen LogP contribution in [0.5, 0.6) is 5.75 Å². The first-order chi connectivity index (χ1) is 17.0. The number of fused-ring (bicyclic) bond motifs is 4. The summed E-state index contributed by atoms with van der Waals surface area (Å²) in [6, 6.07) is 16.4. The van der Waals surface area contributed by atoms with Crippen molar-refractivity contribution in [3.8, 4) is 5.75 Å². The average Bonchev–Trinajstić information content (AvgIpc) is 3.59. The van der Waals surface area contributed by atoms with Gasteiger partial charge in [-0.2, -0.15) is 0 Å². The Labute approximate surface area is 205 Å². The molecule has 7 nitrogen and oxygen atoms in total. The maximum absolute atomic E-state index is 13.8. The molecular formula is C28H32N4O3. The molecule has 6 rings (SSSR count). The van der Waals surface area contributed by atoms with Crippen LogP contribution in [0.3, 0.4) is 0 Å². The van der Waals surface area contributed by atoms with E-state index in [0.29, 0.717) is 25.4 Å². The minimum atomic E-state index is -0.911. The summed E-state index contributed by atoms with van der Waals surface area (Å²) in [6.45, 7) is 3.22. The summed E-state index contributed by atoms with van der Waals surface area (Å²) in [5.41, 5.74) is 3.36. The number of ether oxygens (including phenoxy) is 1. The molecule has 1 aromatic heterocycles. The molecule has 3 aromatic rings. The summed E-state index contributed by atoms with van der Waals surface area (Å²) in [5, 5.41) is 4.55. The number of benzene rings is 2. The van der Waals surface area contributed by atoms with E-state index in [2.05, 4.69) is 22.4 Å². The number of amides is 3. The first-order valence-corrected chi connectivity index (χ1v) is 12.6. The summed E-state index contributed by atoms with van der Waals surface area (Å²) in [4.78, 5) is 34.5. The number of methoxy groups -OCH3 is 1. The van der Waals surface area contributed by atoms with Gasteiger partial charge in [-0.3, -0.25) is 9.69 Å². The zero-order valence-corrected chi connectivity index (χ0v) is 20.3. The predicted octanol–water partition coefficient (Wildman–Crippen LogP) is 4.18. The van der Waals surface area contributed by atoms with E-state index in [9.17, 15) is 9.59 Å². The van der Waals surface area contributed by atoms with Crippen molar-refractivity contribution < 1.29 is 14.3 Å². The molecular weight excluding hydrogens is 440 g/mol. The fourth-order valence-electron chi connectivity index (χ4n) is 5.84. The molecule has 0 spiro atoms. The lowest BCUT2D eigenvalue weighted by molar-refractivity contribution is -0.133. The molecule has 2 N–H and O–H groups in total. The average molecular weight is 473 g/mol. The fourth-order valence-corrected chi connectivity index (χ4v) is 5.84. The molecule has 0 radical (unpaired) electrons. The van der Waals surface area contributed by atoms with Crippen LogP contribution in [0.1, 0.15) is 49.0 Å². The van der Waals surface area contributed by atoms with Crippen molar-refractivity contribution in [1.29, 1.82) is 0 Å². The molecule has 3 aliphatic rings. The van der Waals surface area contributed by atoms with E-state index in [-0.39, 0.29) is 18.0 Å². The molecule has 1 saturated carbocycles. The van der Waals surface area contributed by atoms with Gasteiger partial charge in [-0.05, 0) is 68.5 Å². The van der Waals surface area contributed by atoms with Crippen LogP contribution in [0.25, 0.3) is 10.9 Å². The monoisotopic (exact) mass is 472 g/mol. The summed E-state index contributed by atoms with van der Waals surface area (Å²) in [6.07, 6.45) is 4.36. The molecule has 0 bridgehead atoms. The zero-order chi connectivity index (χ0) is 24.2. The lowest BCUT2D eigenvalue weighted by Crippen LogP contribution is -2.53. The van der Waals surface area contributed by atoms with Crippen molar-refractivity contribution in [3.05, 3.63) is 65.4 Å². The summed E-state index contributed by atoms with van der Waals surface area (Å²) in [5.74, 6) is 0.694. The van der Waals surface area contributed by atoms with Gasteiger partial charge in [-0.15, -0.1) is 0 Å². The second-order valence-electron chi connectivity index (χ2n) is 10.3. The fraction of sp³-hybridized carbons (Fsp3) is 0.429. The maximum Gasteiger partial charge on any atom is 0.328 e. The number of urea groups is 1. The molecule has 182 valence electrons. The SMILES string of the molecule is COc1ccc2[nH]c3c(c2c1)C[C@@]1(C)C(=O)N(CCCNC2CC2)C(=O)N1C3Cc1ccccc1. The quantitative estimate of drug-likeness (QED) is 0.381. The molecule has 2 fully saturated rings. The highest BCUT2D eigenvalue weighted by Gasteiger charge is 2.59. The number of carbonyl (C=O) groups is 2. The number of imide groups is 1. The number of carbonyl (C=O) groups excluding carboxylic acids is 2. The van der Waals surface area contributed by atoms with Gasteiger partial charge in [0.2, 0.25) is 0 Å². The van der Waals surface area contributed by atoms with Crippen LogP contribution in [-0.2, 0) is 17.6 Å². The van der Waals surface area contributed by atoms with E-state index in [0.717, 1.165) is 46.4 Å².